The van der Waals surface area contributed by atoms with Crippen molar-refractivity contribution >= 4 is 41.3 Å². The highest BCUT2D eigenvalue weighted by Crippen LogP contribution is 2.20. The Morgan fingerprint density at radius 3 is 2.76 bits per heavy atom. The molecule has 2 heterocycles. The van der Waals surface area contributed by atoms with E-state index in [9.17, 15) is 0 Å². The van der Waals surface area contributed by atoms with Gasteiger partial charge in [-0.2, -0.15) is 0 Å². The molecular formula is C22H40IN5S. The number of allylic oxidation sites excluding steroid dienone is 1. The smallest absolute Gasteiger partial charge is 0.193 e. The number of hydrogen-bond donors (Lipinski definition) is 1. The molecule has 7 heteroatoms. The molecule has 5 nitrogen and oxygen atoms in total. The van der Waals surface area contributed by atoms with Crippen molar-refractivity contribution in [1.29, 1.82) is 0 Å². The molecule has 166 valence electrons. The van der Waals surface area contributed by atoms with Gasteiger partial charge in [0.2, 0.25) is 0 Å². The fourth-order valence-electron chi connectivity index (χ4n) is 3.64. The van der Waals surface area contributed by atoms with E-state index >= 15 is 0 Å². The van der Waals surface area contributed by atoms with Crippen molar-refractivity contribution in [2.75, 3.05) is 39.8 Å². The Morgan fingerprint density at radius 2 is 2.14 bits per heavy atom. The predicted molar refractivity (Wildman–Crippen MR) is 138 cm³/mol. The first-order valence-corrected chi connectivity index (χ1v) is 11.7. The van der Waals surface area contributed by atoms with E-state index in [4.69, 9.17) is 4.99 Å². The maximum Gasteiger partial charge on any atom is 0.193 e. The second-order valence-electron chi connectivity index (χ2n) is 7.83. The van der Waals surface area contributed by atoms with Gasteiger partial charge < -0.3 is 10.2 Å². The molecule has 1 saturated heterocycles. The molecule has 29 heavy (non-hydrogen) atoms. The molecule has 1 aliphatic heterocycles. The first-order valence-electron chi connectivity index (χ1n) is 10.9. The van der Waals surface area contributed by atoms with Crippen LogP contribution in [0.4, 0.5) is 0 Å². The van der Waals surface area contributed by atoms with Crippen molar-refractivity contribution in [2.24, 2.45) is 10.9 Å². The SMILES string of the molecule is C=CCCCCCN(C)C(=NCC1CCN(Cc2csc(C)n2)CC1)NCC.I. The number of nitrogens with one attached hydrogen (secondary N) is 1. The van der Waals surface area contributed by atoms with Crippen molar-refractivity contribution in [3.63, 3.8) is 0 Å². The van der Waals surface area contributed by atoms with Gasteiger partial charge in [0.05, 0.1) is 10.7 Å². The number of hydrogen-bond acceptors (Lipinski definition) is 4. The van der Waals surface area contributed by atoms with Crippen LogP contribution in [0.15, 0.2) is 23.0 Å². The number of unbranched alkanes of at least 4 members (excludes halogenated alkanes) is 3. The lowest BCUT2D eigenvalue weighted by molar-refractivity contribution is 0.179. The predicted octanol–water partition coefficient (Wildman–Crippen LogP) is 4.93. The van der Waals surface area contributed by atoms with Gasteiger partial charge in [0.15, 0.2) is 5.96 Å². The topological polar surface area (TPSA) is 43.8 Å². The molecule has 0 atom stereocenters. The van der Waals surface area contributed by atoms with Crippen LogP contribution in [0.5, 0.6) is 0 Å². The minimum absolute atomic E-state index is 0. The maximum atomic E-state index is 4.95. The van der Waals surface area contributed by atoms with Crippen molar-refractivity contribution in [3.8, 4) is 0 Å². The van der Waals surface area contributed by atoms with Crippen LogP contribution in [-0.2, 0) is 6.54 Å². The molecule has 0 aliphatic carbocycles. The number of aryl methyl sites for hydroxylation is 1. The Morgan fingerprint density at radius 1 is 1.38 bits per heavy atom. The standard InChI is InChI=1S/C22H39N5S.HI/c1-5-7-8-9-10-13-26(4)22(23-6-2)24-16-20-11-14-27(15-12-20)17-21-18-28-19(3)25-21;/h5,18,20H,1,6-17H2,2-4H3,(H,23,24);1H. The molecule has 1 N–H and O–H groups in total. The highest BCUT2D eigenvalue weighted by molar-refractivity contribution is 14.0. The normalized spacial score (nSPS) is 15.8. The number of guanidine groups is 1. The minimum Gasteiger partial charge on any atom is -0.357 e. The number of nitrogens with zero attached hydrogens (tertiary/aromatic N) is 4. The molecule has 0 spiro atoms. The Balaban J connectivity index is 0.00000420. The lowest BCUT2D eigenvalue weighted by Crippen LogP contribution is -2.40. The Labute approximate surface area is 199 Å². The summed E-state index contributed by atoms with van der Waals surface area (Å²) < 4.78 is 0. The summed E-state index contributed by atoms with van der Waals surface area (Å²) in [5.74, 6) is 1.76. The van der Waals surface area contributed by atoms with E-state index in [1.807, 2.05) is 6.08 Å². The van der Waals surface area contributed by atoms with Crippen LogP contribution < -0.4 is 5.32 Å². The summed E-state index contributed by atoms with van der Waals surface area (Å²) in [5.41, 5.74) is 1.23. The van der Waals surface area contributed by atoms with Crippen LogP contribution in [0.1, 0.15) is 56.2 Å². The highest BCUT2D eigenvalue weighted by Gasteiger charge is 2.20. The molecule has 1 aliphatic rings. The number of thiazole rings is 1. The second-order valence-corrected chi connectivity index (χ2v) is 8.89. The van der Waals surface area contributed by atoms with E-state index in [0.29, 0.717) is 5.92 Å². The van der Waals surface area contributed by atoms with Gasteiger partial charge >= 0.3 is 0 Å². The molecule has 0 unspecified atom stereocenters. The average Bonchev–Trinajstić information content (AvgIpc) is 3.10. The minimum atomic E-state index is 0. The quantitative estimate of drug-likeness (QED) is 0.144. The van der Waals surface area contributed by atoms with Crippen LogP contribution in [0.25, 0.3) is 0 Å². The largest absolute Gasteiger partial charge is 0.357 e. The van der Waals surface area contributed by atoms with Gasteiger partial charge in [0.1, 0.15) is 0 Å². The first kappa shape index (κ1) is 26.4. The molecular weight excluding hydrogens is 493 g/mol. The maximum absolute atomic E-state index is 4.95. The summed E-state index contributed by atoms with van der Waals surface area (Å²) in [6, 6.07) is 0. The van der Waals surface area contributed by atoms with E-state index in [0.717, 1.165) is 51.6 Å². The molecule has 0 aromatic carbocycles. The van der Waals surface area contributed by atoms with Crippen molar-refractivity contribution in [3.05, 3.63) is 28.7 Å². The molecule has 1 aromatic rings. The third kappa shape index (κ3) is 10.3. The monoisotopic (exact) mass is 533 g/mol. The van der Waals surface area contributed by atoms with Crippen LogP contribution in [0.2, 0.25) is 0 Å². The van der Waals surface area contributed by atoms with E-state index in [-0.39, 0.29) is 24.0 Å². The fourth-order valence-corrected chi connectivity index (χ4v) is 4.25. The van der Waals surface area contributed by atoms with E-state index < -0.39 is 0 Å². The van der Waals surface area contributed by atoms with Gasteiger partial charge in [-0.3, -0.25) is 9.89 Å². The zero-order chi connectivity index (χ0) is 20.2. The molecule has 0 amide bonds. The Bertz CT molecular complexity index is 596. The number of likely N-dealkylation sites (tertiary alicyclic amines) is 1. The van der Waals surface area contributed by atoms with E-state index in [1.54, 1.807) is 11.3 Å². The number of aromatic nitrogens is 1. The van der Waals surface area contributed by atoms with Crippen molar-refractivity contribution in [1.82, 2.24) is 20.1 Å². The number of aliphatic imine (C=N–C) groups is 1. The average molecular weight is 534 g/mol. The molecule has 0 bridgehead atoms. The van der Waals surface area contributed by atoms with Gasteiger partial charge in [-0.1, -0.05) is 12.5 Å². The zero-order valence-corrected chi connectivity index (χ0v) is 21.7. The van der Waals surface area contributed by atoms with Crippen LogP contribution in [-0.4, -0.2) is 60.5 Å². The van der Waals surface area contributed by atoms with Crippen molar-refractivity contribution in [2.45, 2.75) is 58.9 Å². The van der Waals surface area contributed by atoms with Gasteiger partial charge in [0.25, 0.3) is 0 Å². The molecule has 1 aromatic heterocycles. The van der Waals surface area contributed by atoms with Crippen LogP contribution in [0.3, 0.4) is 0 Å². The first-order chi connectivity index (χ1) is 13.6. The number of rotatable bonds is 11. The summed E-state index contributed by atoms with van der Waals surface area (Å²) in [7, 11) is 2.16. The third-order valence-corrected chi connectivity index (χ3v) is 6.18. The molecule has 0 saturated carbocycles. The highest BCUT2D eigenvalue weighted by atomic mass is 127. The van der Waals surface area contributed by atoms with Crippen LogP contribution in [0, 0.1) is 12.8 Å². The van der Waals surface area contributed by atoms with Crippen molar-refractivity contribution < 1.29 is 0 Å². The Hall–Kier alpha value is -0.670. The molecule has 1 fully saturated rings. The van der Waals surface area contributed by atoms with Gasteiger partial charge in [0, 0.05) is 38.6 Å². The van der Waals surface area contributed by atoms with Gasteiger partial charge in [-0.05, 0) is 65.0 Å². The summed E-state index contributed by atoms with van der Waals surface area (Å²) in [5, 5.41) is 6.82. The fraction of sp³-hybridized carbons (Fsp3) is 0.727. The second kappa shape index (κ2) is 15.2. The zero-order valence-electron chi connectivity index (χ0n) is 18.5. The Kier molecular flexibility index (Phi) is 13.8. The van der Waals surface area contributed by atoms with E-state index in [2.05, 4.69) is 53.0 Å². The lowest BCUT2D eigenvalue weighted by Gasteiger charge is -2.31. The summed E-state index contributed by atoms with van der Waals surface area (Å²) in [4.78, 5) is 14.4. The summed E-state index contributed by atoms with van der Waals surface area (Å²) in [6.45, 7) is 14.3. The molecule has 0 radical (unpaired) electrons. The van der Waals surface area contributed by atoms with Gasteiger partial charge in [-0.25, -0.2) is 4.98 Å². The lowest BCUT2D eigenvalue weighted by atomic mass is 9.97. The summed E-state index contributed by atoms with van der Waals surface area (Å²) >= 11 is 1.75. The summed E-state index contributed by atoms with van der Waals surface area (Å²) in [6.07, 6.45) is 9.31. The van der Waals surface area contributed by atoms with Gasteiger partial charge in [-0.15, -0.1) is 41.9 Å². The molecule has 2 rings (SSSR count). The number of piperidine rings is 1. The number of halogens is 1. The van der Waals surface area contributed by atoms with E-state index in [1.165, 1.54) is 42.8 Å². The third-order valence-electron chi connectivity index (χ3n) is 5.36. The van der Waals surface area contributed by atoms with Crippen LogP contribution >= 0.6 is 35.3 Å².